The molecule has 0 heterocycles. The molecule has 0 aromatic rings. The summed E-state index contributed by atoms with van der Waals surface area (Å²) in [7, 11) is 0. The van der Waals surface area contributed by atoms with Crippen LogP contribution in [-0.4, -0.2) is 30.3 Å². The average Bonchev–Trinajstić information content (AvgIpc) is 1.99. The summed E-state index contributed by atoms with van der Waals surface area (Å²) in [6.07, 6.45) is 0.298. The predicted octanol–water partition coefficient (Wildman–Crippen LogP) is -0.442. The van der Waals surface area contributed by atoms with Crippen molar-refractivity contribution < 1.29 is 9.59 Å². The van der Waals surface area contributed by atoms with E-state index in [0.29, 0.717) is 19.4 Å². The number of carbonyl (C=O) groups is 2. The molecule has 0 spiro atoms. The summed E-state index contributed by atoms with van der Waals surface area (Å²) in [5, 5.41) is 1.27. The van der Waals surface area contributed by atoms with Crippen LogP contribution in [0.5, 0.6) is 0 Å². The summed E-state index contributed by atoms with van der Waals surface area (Å²) < 4.78 is 0. The van der Waals surface area contributed by atoms with Gasteiger partial charge >= 0.3 is 5.91 Å². The predicted molar refractivity (Wildman–Crippen MR) is 37.1 cm³/mol. The van der Waals surface area contributed by atoms with Crippen molar-refractivity contribution in [2.75, 3.05) is 13.1 Å². The molecule has 0 saturated carbocycles. The van der Waals surface area contributed by atoms with Crippen LogP contribution in [-0.2, 0) is 9.59 Å². The van der Waals surface area contributed by atoms with Crippen LogP contribution in [0.3, 0.4) is 0 Å². The van der Waals surface area contributed by atoms with Gasteiger partial charge in [-0.3, -0.25) is 14.6 Å². The van der Waals surface area contributed by atoms with Crippen LogP contribution < -0.4 is 5.43 Å². The maximum atomic E-state index is 10.6. The van der Waals surface area contributed by atoms with Crippen LogP contribution in [0, 0.1) is 0 Å². The normalized spacial score (nSPS) is 9.00. The lowest BCUT2D eigenvalue weighted by molar-refractivity contribution is -0.140. The molecule has 0 atom stereocenters. The summed E-state index contributed by atoms with van der Waals surface area (Å²) >= 11 is 0. The minimum absolute atomic E-state index is 0.298. The highest BCUT2D eigenvalue weighted by Gasteiger charge is 2.06. The molecule has 0 aromatic carbocycles. The van der Waals surface area contributed by atoms with Crippen molar-refractivity contribution in [3.05, 3.63) is 0 Å². The molecule has 10 heavy (non-hydrogen) atoms. The highest BCUT2D eigenvalue weighted by molar-refractivity contribution is 6.23. The van der Waals surface area contributed by atoms with Crippen molar-refractivity contribution in [3.8, 4) is 0 Å². The second kappa shape index (κ2) is 4.93. The van der Waals surface area contributed by atoms with Gasteiger partial charge in [0.1, 0.15) is 0 Å². The van der Waals surface area contributed by atoms with E-state index in [1.54, 1.807) is 6.92 Å². The summed E-state index contributed by atoms with van der Waals surface area (Å²) in [5.74, 6) is -0.524. The van der Waals surface area contributed by atoms with E-state index in [1.165, 1.54) is 5.01 Å². The van der Waals surface area contributed by atoms with E-state index in [-0.39, 0.29) is 0 Å². The van der Waals surface area contributed by atoms with Gasteiger partial charge in [0.2, 0.25) is 6.29 Å². The van der Waals surface area contributed by atoms with Crippen LogP contribution in [0.15, 0.2) is 0 Å². The number of hydrogen-bond acceptors (Lipinski definition) is 3. The first-order valence-corrected chi connectivity index (χ1v) is 3.26. The van der Waals surface area contributed by atoms with Gasteiger partial charge in [0.25, 0.3) is 0 Å². The molecule has 1 N–H and O–H groups in total. The zero-order valence-corrected chi connectivity index (χ0v) is 6.26. The Morgan fingerprint density at radius 2 is 2.20 bits per heavy atom. The number of nitrogens with one attached hydrogen (secondary N) is 1. The van der Waals surface area contributed by atoms with Crippen LogP contribution >= 0.6 is 0 Å². The quantitative estimate of drug-likeness (QED) is 0.330. The molecular formula is C6H12N2O2. The van der Waals surface area contributed by atoms with Crippen LogP contribution in [0.1, 0.15) is 13.8 Å². The standard InChI is InChI=1S/C6H12N2O2/c1-3-7-8(4-2)6(10)5-9/h5,7H,3-4H2,1-2H3. The van der Waals surface area contributed by atoms with E-state index < -0.39 is 5.91 Å². The second-order valence-electron chi connectivity index (χ2n) is 1.71. The molecule has 58 valence electrons. The number of aldehydes is 1. The average molecular weight is 144 g/mol. The Balaban J connectivity index is 3.79. The lowest BCUT2D eigenvalue weighted by Gasteiger charge is -2.17. The van der Waals surface area contributed by atoms with Crippen molar-refractivity contribution in [1.29, 1.82) is 0 Å². The minimum atomic E-state index is -0.524. The van der Waals surface area contributed by atoms with E-state index in [0.717, 1.165) is 0 Å². The van der Waals surface area contributed by atoms with Gasteiger partial charge < -0.3 is 0 Å². The fourth-order valence-electron chi connectivity index (χ4n) is 0.600. The monoisotopic (exact) mass is 144 g/mol. The zero-order valence-electron chi connectivity index (χ0n) is 6.26. The zero-order chi connectivity index (χ0) is 7.98. The Morgan fingerprint density at radius 1 is 1.60 bits per heavy atom. The van der Waals surface area contributed by atoms with Crippen LogP contribution in [0.4, 0.5) is 0 Å². The van der Waals surface area contributed by atoms with Crippen molar-refractivity contribution in [3.63, 3.8) is 0 Å². The number of likely N-dealkylation sites (N-methyl/N-ethyl adjacent to an activating group) is 1. The molecule has 0 radical (unpaired) electrons. The lowest BCUT2D eigenvalue weighted by atomic mass is 10.6. The molecule has 0 bridgehead atoms. The Hall–Kier alpha value is -0.900. The Kier molecular flexibility index (Phi) is 4.49. The minimum Gasteiger partial charge on any atom is -0.292 e. The number of nitrogens with zero attached hydrogens (tertiary/aromatic N) is 1. The molecule has 0 saturated heterocycles. The molecule has 0 unspecified atom stereocenters. The number of rotatable bonds is 4. The van der Waals surface area contributed by atoms with E-state index in [9.17, 15) is 9.59 Å². The fraction of sp³-hybridized carbons (Fsp3) is 0.667. The van der Waals surface area contributed by atoms with Gasteiger partial charge in [-0.05, 0) is 6.92 Å². The van der Waals surface area contributed by atoms with Gasteiger partial charge in [-0.2, -0.15) is 0 Å². The summed E-state index contributed by atoms with van der Waals surface area (Å²) in [4.78, 5) is 20.6. The van der Waals surface area contributed by atoms with Gasteiger partial charge in [-0.15, -0.1) is 0 Å². The Morgan fingerprint density at radius 3 is 2.50 bits per heavy atom. The molecule has 0 aliphatic heterocycles. The van der Waals surface area contributed by atoms with E-state index in [2.05, 4.69) is 5.43 Å². The molecular weight excluding hydrogens is 132 g/mol. The number of carbonyl (C=O) groups excluding carboxylic acids is 2. The number of hydrazine groups is 1. The van der Waals surface area contributed by atoms with Crippen molar-refractivity contribution >= 4 is 12.2 Å². The van der Waals surface area contributed by atoms with Crippen molar-refractivity contribution in [2.24, 2.45) is 0 Å². The first-order valence-electron chi connectivity index (χ1n) is 3.26. The van der Waals surface area contributed by atoms with E-state index in [1.807, 2.05) is 6.92 Å². The molecule has 1 amide bonds. The smallest absolute Gasteiger partial charge is 0.292 e. The Bertz CT molecular complexity index is 125. The Labute approximate surface area is 60.2 Å². The molecule has 0 fully saturated rings. The third-order valence-corrected chi connectivity index (χ3v) is 1.03. The number of hydrogen-bond donors (Lipinski definition) is 1. The highest BCUT2D eigenvalue weighted by Crippen LogP contribution is 1.79. The second-order valence-corrected chi connectivity index (χ2v) is 1.71. The highest BCUT2D eigenvalue weighted by atomic mass is 16.2. The topological polar surface area (TPSA) is 49.4 Å². The van der Waals surface area contributed by atoms with Crippen molar-refractivity contribution in [2.45, 2.75) is 13.8 Å². The lowest BCUT2D eigenvalue weighted by Crippen LogP contribution is -2.43. The third kappa shape index (κ3) is 2.59. The van der Waals surface area contributed by atoms with Gasteiger partial charge in [-0.1, -0.05) is 6.92 Å². The van der Waals surface area contributed by atoms with Crippen molar-refractivity contribution in [1.82, 2.24) is 10.4 Å². The van der Waals surface area contributed by atoms with E-state index >= 15 is 0 Å². The number of amides is 1. The van der Waals surface area contributed by atoms with E-state index in [4.69, 9.17) is 0 Å². The first-order chi connectivity index (χ1) is 4.76. The molecule has 0 aromatic heterocycles. The largest absolute Gasteiger partial charge is 0.300 e. The van der Waals surface area contributed by atoms with Crippen LogP contribution in [0.25, 0.3) is 0 Å². The van der Waals surface area contributed by atoms with Gasteiger partial charge in [-0.25, -0.2) is 5.43 Å². The summed E-state index contributed by atoms with van der Waals surface area (Å²) in [6, 6.07) is 0. The molecule has 0 aliphatic rings. The fourth-order valence-corrected chi connectivity index (χ4v) is 0.600. The molecule has 4 heteroatoms. The molecule has 4 nitrogen and oxygen atoms in total. The maximum Gasteiger partial charge on any atom is 0.300 e. The maximum absolute atomic E-state index is 10.6. The summed E-state index contributed by atoms with van der Waals surface area (Å²) in [5.41, 5.74) is 2.74. The molecule has 0 aliphatic carbocycles. The molecule has 0 rings (SSSR count). The van der Waals surface area contributed by atoms with Gasteiger partial charge in [0, 0.05) is 13.1 Å². The van der Waals surface area contributed by atoms with Gasteiger partial charge in [0.05, 0.1) is 0 Å². The van der Waals surface area contributed by atoms with Gasteiger partial charge in [0.15, 0.2) is 0 Å². The SMILES string of the molecule is CCNN(CC)C(=O)C=O. The summed E-state index contributed by atoms with van der Waals surface area (Å²) in [6.45, 7) is 4.81. The first kappa shape index (κ1) is 9.10. The van der Waals surface area contributed by atoms with Crippen LogP contribution in [0.2, 0.25) is 0 Å². The third-order valence-electron chi connectivity index (χ3n) is 1.03.